The van der Waals surface area contributed by atoms with Crippen LogP contribution in [0, 0.1) is 0 Å². The van der Waals surface area contributed by atoms with Gasteiger partial charge in [0.15, 0.2) is 0 Å². The van der Waals surface area contributed by atoms with Gasteiger partial charge < -0.3 is 41.4 Å². The third-order valence-corrected chi connectivity index (χ3v) is 8.93. The van der Waals surface area contributed by atoms with Gasteiger partial charge in [-0.3, -0.25) is 24.1 Å². The van der Waals surface area contributed by atoms with Crippen LogP contribution in [0.2, 0.25) is 0 Å². The largest absolute Gasteiger partial charge is 0.383 e. The number of nitrogens with one attached hydrogen (secondary N) is 4. The fraction of sp³-hybridized carbons (Fsp3) is 0.786. The van der Waals surface area contributed by atoms with Gasteiger partial charge in [0.1, 0.15) is 6.04 Å². The van der Waals surface area contributed by atoms with Gasteiger partial charge in [0.25, 0.3) is 0 Å². The molecule has 2 heterocycles. The molecular formula is C28H51N7O6S. The fourth-order valence-corrected chi connectivity index (χ4v) is 6.56. The first-order valence-corrected chi connectivity index (χ1v) is 15.8. The van der Waals surface area contributed by atoms with E-state index in [1.165, 1.54) is 12.0 Å². The zero-order chi connectivity index (χ0) is 30.9. The summed E-state index contributed by atoms with van der Waals surface area (Å²) in [6.45, 7) is 5.95. The number of likely N-dealkylation sites (N-methyl/N-ethyl adjacent to an activating group) is 1. The van der Waals surface area contributed by atoms with Crippen molar-refractivity contribution in [2.24, 2.45) is 5.73 Å². The molecule has 0 saturated carbocycles. The van der Waals surface area contributed by atoms with Gasteiger partial charge in [-0.15, -0.1) is 0 Å². The molecule has 2 rings (SSSR count). The van der Waals surface area contributed by atoms with Crippen LogP contribution < -0.4 is 27.0 Å². The lowest BCUT2D eigenvalue weighted by atomic mass is 10.0. The van der Waals surface area contributed by atoms with Crippen molar-refractivity contribution in [1.82, 2.24) is 31.1 Å². The quantitative estimate of drug-likeness (QED) is 0.0993. The lowest BCUT2D eigenvalue weighted by Crippen LogP contribution is -2.50. The van der Waals surface area contributed by atoms with E-state index in [1.54, 1.807) is 14.2 Å². The number of hydrogen-bond acceptors (Lipinski definition) is 10. The Bertz CT molecular complexity index is 895. The van der Waals surface area contributed by atoms with E-state index in [0.29, 0.717) is 62.7 Å². The Morgan fingerprint density at radius 3 is 2.50 bits per heavy atom. The number of hydrogen-bond donors (Lipinski definition) is 5. The molecule has 0 spiro atoms. The second kappa shape index (κ2) is 19.6. The van der Waals surface area contributed by atoms with E-state index < -0.39 is 17.9 Å². The van der Waals surface area contributed by atoms with Crippen LogP contribution in [0.25, 0.3) is 0 Å². The summed E-state index contributed by atoms with van der Waals surface area (Å²) >= 11 is 1.98. The van der Waals surface area contributed by atoms with E-state index in [4.69, 9.17) is 15.2 Å². The molecule has 0 aromatic carbocycles. The molecule has 2 aliphatic heterocycles. The molecule has 6 N–H and O–H groups in total. The highest BCUT2D eigenvalue weighted by Gasteiger charge is 2.40. The van der Waals surface area contributed by atoms with Crippen LogP contribution in [-0.4, -0.2) is 130 Å². The second-order valence-electron chi connectivity index (χ2n) is 10.9. The number of ether oxygens (including phenoxy) is 2. The minimum Gasteiger partial charge on any atom is -0.383 e. The Labute approximate surface area is 254 Å². The predicted molar refractivity (Wildman–Crippen MR) is 164 cm³/mol. The van der Waals surface area contributed by atoms with Crippen LogP contribution >= 0.6 is 11.8 Å². The molecule has 4 amide bonds. The predicted octanol–water partition coefficient (Wildman–Crippen LogP) is -0.627. The number of carbonyl (C=O) groups is 4. The van der Waals surface area contributed by atoms with Crippen molar-refractivity contribution in [3.63, 3.8) is 0 Å². The lowest BCUT2D eigenvalue weighted by Gasteiger charge is -2.25. The summed E-state index contributed by atoms with van der Waals surface area (Å²) in [5.74, 6) is 0.687. The van der Waals surface area contributed by atoms with E-state index in [0.717, 1.165) is 30.8 Å². The van der Waals surface area contributed by atoms with Crippen molar-refractivity contribution >= 4 is 35.4 Å². The molecule has 0 aromatic heterocycles. The summed E-state index contributed by atoms with van der Waals surface area (Å²) in [6.07, 6.45) is 5.01. The number of thioether (sulfide) groups is 1. The normalized spacial score (nSPS) is 20.0. The number of carbonyl (C=O) groups excluding carboxylic acids is 4. The maximum absolute atomic E-state index is 12.7. The molecule has 14 heteroatoms. The number of primary amides is 1. The number of nitrogens with zero attached hydrogens (tertiary/aromatic N) is 2. The Morgan fingerprint density at radius 1 is 1.05 bits per heavy atom. The van der Waals surface area contributed by atoms with Gasteiger partial charge in [-0.2, -0.15) is 11.8 Å². The molecule has 4 atom stereocenters. The third kappa shape index (κ3) is 13.2. The highest BCUT2D eigenvalue weighted by Crippen LogP contribution is 2.34. The van der Waals surface area contributed by atoms with Crippen molar-refractivity contribution in [2.45, 2.75) is 68.3 Å². The molecule has 42 heavy (non-hydrogen) atoms. The second-order valence-corrected chi connectivity index (χ2v) is 12.2. The highest BCUT2D eigenvalue weighted by atomic mass is 32.2. The number of unbranched alkanes of at least 4 members (excludes halogenated alkanes) is 2. The standard InChI is InChI=1S/C28H51N7O6S/c1-20-31-22-19-42-23(27(22)32-20)10-5-6-11-24(36)30-12-8-7-9-21(28(29)39)33-25(37)17-35(14-16-41-4)26(38)18-34(2)13-15-40-3/h21-23,27,31-32H,1,5-19H2,2-4H3,(H2,29,39)(H,30,36)(H,33,37)/t21-,22-,23?,27-/m0/s1. The summed E-state index contributed by atoms with van der Waals surface area (Å²) in [5.41, 5.74) is 5.52. The molecule has 13 nitrogen and oxygen atoms in total. The SMILES string of the molecule is C=C1N[C@H]2CSC(CCCCC(=O)NCCCC[C@H](NC(=O)CN(CCOC)C(=O)CN(C)CCOC)C(N)=O)[C@H]2N1. The van der Waals surface area contributed by atoms with Crippen molar-refractivity contribution in [3.8, 4) is 0 Å². The van der Waals surface area contributed by atoms with Crippen LogP contribution in [0.3, 0.4) is 0 Å². The van der Waals surface area contributed by atoms with Crippen molar-refractivity contribution in [3.05, 3.63) is 12.4 Å². The summed E-state index contributed by atoms with van der Waals surface area (Å²) in [7, 11) is 4.91. The molecule has 0 bridgehead atoms. The Morgan fingerprint density at radius 2 is 1.79 bits per heavy atom. The van der Waals surface area contributed by atoms with Crippen LogP contribution in [0.15, 0.2) is 12.4 Å². The summed E-state index contributed by atoms with van der Waals surface area (Å²) < 4.78 is 10.1. The maximum Gasteiger partial charge on any atom is 0.240 e. The molecule has 0 radical (unpaired) electrons. The van der Waals surface area contributed by atoms with E-state index in [-0.39, 0.29) is 38.1 Å². The minimum atomic E-state index is -0.855. The summed E-state index contributed by atoms with van der Waals surface area (Å²) in [5, 5.41) is 12.9. The molecule has 1 unspecified atom stereocenters. The summed E-state index contributed by atoms with van der Waals surface area (Å²) in [6, 6.07) is 0.0362. The number of amides is 4. The van der Waals surface area contributed by atoms with Gasteiger partial charge in [-0.1, -0.05) is 13.0 Å². The number of nitrogens with two attached hydrogens (primary N) is 1. The van der Waals surface area contributed by atoms with E-state index >= 15 is 0 Å². The van der Waals surface area contributed by atoms with Gasteiger partial charge >= 0.3 is 0 Å². The van der Waals surface area contributed by atoms with Crippen LogP contribution in [0.4, 0.5) is 0 Å². The molecule has 2 saturated heterocycles. The minimum absolute atomic E-state index is 0.0226. The number of methoxy groups -OCH3 is 2. The average molecular weight is 614 g/mol. The lowest BCUT2D eigenvalue weighted by molar-refractivity contribution is -0.138. The topological polar surface area (TPSA) is 167 Å². The number of fused-ring (bicyclic) bond motifs is 1. The molecular weight excluding hydrogens is 562 g/mol. The fourth-order valence-electron chi connectivity index (χ4n) is 5.02. The molecule has 0 aromatic rings. The van der Waals surface area contributed by atoms with Gasteiger partial charge in [-0.25, -0.2) is 0 Å². The first-order valence-electron chi connectivity index (χ1n) is 14.8. The summed E-state index contributed by atoms with van der Waals surface area (Å²) in [4.78, 5) is 52.9. The van der Waals surface area contributed by atoms with Gasteiger partial charge in [-0.05, 0) is 39.2 Å². The van der Waals surface area contributed by atoms with Crippen LogP contribution in [0.5, 0.6) is 0 Å². The highest BCUT2D eigenvalue weighted by molar-refractivity contribution is 8.00. The molecule has 2 aliphatic rings. The van der Waals surface area contributed by atoms with Crippen LogP contribution in [0.1, 0.15) is 44.9 Å². The Kier molecular flexibility index (Phi) is 16.6. The van der Waals surface area contributed by atoms with Gasteiger partial charge in [0.2, 0.25) is 23.6 Å². The smallest absolute Gasteiger partial charge is 0.240 e. The molecule has 2 fully saturated rings. The van der Waals surface area contributed by atoms with Crippen molar-refractivity contribution in [2.75, 3.05) is 73.0 Å². The Balaban J connectivity index is 1.62. The van der Waals surface area contributed by atoms with E-state index in [9.17, 15) is 19.2 Å². The monoisotopic (exact) mass is 613 g/mol. The van der Waals surface area contributed by atoms with Crippen LogP contribution in [-0.2, 0) is 28.7 Å². The molecule has 0 aliphatic carbocycles. The van der Waals surface area contributed by atoms with Gasteiger partial charge in [0.05, 0.1) is 44.2 Å². The number of rotatable bonds is 22. The molecule has 240 valence electrons. The van der Waals surface area contributed by atoms with Gasteiger partial charge in [0, 0.05) is 51.3 Å². The van der Waals surface area contributed by atoms with Crippen molar-refractivity contribution in [1.29, 1.82) is 0 Å². The first-order chi connectivity index (χ1) is 20.1. The third-order valence-electron chi connectivity index (χ3n) is 7.42. The zero-order valence-corrected chi connectivity index (χ0v) is 26.3. The average Bonchev–Trinajstić information content (AvgIpc) is 3.50. The van der Waals surface area contributed by atoms with E-state index in [1.807, 2.05) is 16.7 Å². The maximum atomic E-state index is 12.7. The van der Waals surface area contributed by atoms with Crippen molar-refractivity contribution < 1.29 is 28.7 Å². The zero-order valence-electron chi connectivity index (χ0n) is 25.5. The first kappa shape index (κ1) is 35.6. The van der Waals surface area contributed by atoms with E-state index in [2.05, 4.69) is 27.8 Å². The Hall–Kier alpha value is -2.55.